The molecule has 0 aliphatic carbocycles. The van der Waals surface area contributed by atoms with Crippen molar-refractivity contribution in [1.29, 1.82) is 0 Å². The molecule has 8 nitrogen and oxygen atoms in total. The smallest absolute Gasteiger partial charge is 0.479 e. The van der Waals surface area contributed by atoms with Crippen LogP contribution in [-0.4, -0.2) is 69.9 Å². The number of methoxy groups -OCH3 is 1. The summed E-state index contributed by atoms with van der Waals surface area (Å²) >= 11 is 0. The molecule has 0 spiro atoms. The average Bonchev–Trinajstić information content (AvgIpc) is 3.30. The van der Waals surface area contributed by atoms with Gasteiger partial charge in [0.25, 0.3) is 0 Å². The predicted octanol–water partition coefficient (Wildman–Crippen LogP) is 5.38. The van der Waals surface area contributed by atoms with Crippen LogP contribution in [0.5, 0.6) is 5.75 Å². The lowest BCUT2D eigenvalue weighted by atomic mass is 10.1. The average molecular weight is 572 g/mol. The lowest BCUT2D eigenvalue weighted by molar-refractivity contribution is -0.274. The van der Waals surface area contributed by atoms with Crippen LogP contribution in [0, 0.1) is 6.92 Å². The first kappa shape index (κ1) is 30.3. The van der Waals surface area contributed by atoms with Crippen LogP contribution in [0.4, 0.5) is 13.2 Å². The number of aliphatic hydroxyl groups is 1. The molecular weight excluding hydrogens is 535 g/mol. The molecular formula is C30H36F3N5O3. The summed E-state index contributed by atoms with van der Waals surface area (Å²) in [6, 6.07) is 11.5. The molecule has 0 bridgehead atoms. The highest BCUT2D eigenvalue weighted by Gasteiger charge is 2.31. The van der Waals surface area contributed by atoms with E-state index in [1.54, 1.807) is 13.0 Å². The standard InChI is InChI=1S/C30H36F3N5O3/c1-4-27(23-8-11-26(12-9-23)41-30(31,32)33)35-29(40-3)28-18-21(2)38(36-28)20-22-7-10-24(34-19-22)6-5-15-37-16-13-25(39)14-17-37/h4,7-12,18-19,25,39H,5-6,13-17,20H2,1-3H3/b27-4+,35-29?. The number of pyridine rings is 1. The number of likely N-dealkylation sites (tertiary alicyclic amines) is 1. The van der Waals surface area contributed by atoms with Crippen molar-refractivity contribution in [2.45, 2.75) is 58.5 Å². The van der Waals surface area contributed by atoms with Crippen molar-refractivity contribution in [1.82, 2.24) is 19.7 Å². The molecule has 0 atom stereocenters. The molecule has 220 valence electrons. The van der Waals surface area contributed by atoms with Crippen LogP contribution in [0.15, 0.2) is 59.7 Å². The van der Waals surface area contributed by atoms with E-state index in [0.717, 1.165) is 62.3 Å². The second kappa shape index (κ2) is 13.8. The van der Waals surface area contributed by atoms with Gasteiger partial charge in [0.1, 0.15) is 11.4 Å². The molecule has 3 aromatic rings. The van der Waals surface area contributed by atoms with Crippen molar-refractivity contribution in [3.8, 4) is 5.75 Å². The number of aryl methyl sites for hydroxylation is 2. The molecule has 0 amide bonds. The maximum atomic E-state index is 12.5. The van der Waals surface area contributed by atoms with Crippen LogP contribution in [-0.2, 0) is 17.7 Å². The van der Waals surface area contributed by atoms with E-state index in [4.69, 9.17) is 4.74 Å². The van der Waals surface area contributed by atoms with Gasteiger partial charge in [-0.05, 0) is 88.0 Å². The van der Waals surface area contributed by atoms with Crippen LogP contribution in [0.2, 0.25) is 0 Å². The molecule has 11 heteroatoms. The summed E-state index contributed by atoms with van der Waals surface area (Å²) in [6.45, 7) is 7.19. The number of aliphatic hydroxyl groups excluding tert-OH is 1. The summed E-state index contributed by atoms with van der Waals surface area (Å²) in [5.41, 5.74) is 4.64. The number of hydrogen-bond acceptors (Lipinski definition) is 7. The first-order chi connectivity index (χ1) is 19.6. The molecule has 1 N–H and O–H groups in total. The summed E-state index contributed by atoms with van der Waals surface area (Å²) in [5.74, 6) is -0.0178. The summed E-state index contributed by atoms with van der Waals surface area (Å²) in [7, 11) is 1.50. The van der Waals surface area contributed by atoms with Gasteiger partial charge in [-0.3, -0.25) is 9.67 Å². The van der Waals surface area contributed by atoms with E-state index < -0.39 is 6.36 Å². The number of nitrogens with zero attached hydrogens (tertiary/aromatic N) is 5. The zero-order valence-electron chi connectivity index (χ0n) is 23.6. The Morgan fingerprint density at radius 2 is 1.88 bits per heavy atom. The lowest BCUT2D eigenvalue weighted by Crippen LogP contribution is -2.36. The van der Waals surface area contributed by atoms with Crippen molar-refractivity contribution in [3.05, 3.63) is 82.9 Å². The highest BCUT2D eigenvalue weighted by atomic mass is 19.4. The number of halogens is 3. The van der Waals surface area contributed by atoms with Crippen LogP contribution in [0.1, 0.15) is 54.4 Å². The fourth-order valence-electron chi connectivity index (χ4n) is 4.71. The van der Waals surface area contributed by atoms with Crippen molar-refractivity contribution >= 4 is 11.6 Å². The van der Waals surface area contributed by atoms with E-state index in [0.29, 0.717) is 23.5 Å². The van der Waals surface area contributed by atoms with E-state index in [-0.39, 0.29) is 17.8 Å². The quantitative estimate of drug-likeness (QED) is 0.260. The van der Waals surface area contributed by atoms with Gasteiger partial charge in [-0.15, -0.1) is 13.2 Å². The third kappa shape index (κ3) is 8.89. The number of rotatable bonds is 10. The predicted molar refractivity (Wildman–Crippen MR) is 151 cm³/mol. The molecule has 4 rings (SSSR count). The lowest BCUT2D eigenvalue weighted by Gasteiger charge is -2.29. The minimum absolute atomic E-state index is 0.148. The monoisotopic (exact) mass is 571 g/mol. The van der Waals surface area contributed by atoms with Crippen molar-refractivity contribution in [3.63, 3.8) is 0 Å². The maximum Gasteiger partial charge on any atom is 0.573 e. The van der Waals surface area contributed by atoms with E-state index in [1.807, 2.05) is 23.9 Å². The summed E-state index contributed by atoms with van der Waals surface area (Å²) in [5, 5.41) is 14.3. The van der Waals surface area contributed by atoms with Crippen molar-refractivity contribution in [2.24, 2.45) is 4.99 Å². The van der Waals surface area contributed by atoms with Crippen LogP contribution in [0.25, 0.3) is 5.70 Å². The number of piperidine rings is 1. The Kier molecular flexibility index (Phi) is 10.2. The maximum absolute atomic E-state index is 12.5. The van der Waals surface area contributed by atoms with Gasteiger partial charge in [0.2, 0.25) is 5.90 Å². The number of hydrogen-bond donors (Lipinski definition) is 1. The van der Waals surface area contributed by atoms with E-state index in [1.165, 1.54) is 31.4 Å². The Hall–Kier alpha value is -3.70. The Morgan fingerprint density at radius 1 is 1.15 bits per heavy atom. The minimum atomic E-state index is -4.75. The van der Waals surface area contributed by atoms with E-state index >= 15 is 0 Å². The van der Waals surface area contributed by atoms with Gasteiger partial charge >= 0.3 is 6.36 Å². The van der Waals surface area contributed by atoms with Gasteiger partial charge in [-0.25, -0.2) is 4.99 Å². The van der Waals surface area contributed by atoms with Crippen LogP contribution < -0.4 is 4.74 Å². The van der Waals surface area contributed by atoms with Gasteiger partial charge in [-0.2, -0.15) is 5.10 Å². The normalized spacial score (nSPS) is 15.8. The summed E-state index contributed by atoms with van der Waals surface area (Å²) in [4.78, 5) is 11.6. The second-order valence-corrected chi connectivity index (χ2v) is 10.0. The minimum Gasteiger partial charge on any atom is -0.479 e. The number of alkyl halides is 3. The molecule has 2 aromatic heterocycles. The topological polar surface area (TPSA) is 85.0 Å². The first-order valence-electron chi connectivity index (χ1n) is 13.7. The van der Waals surface area contributed by atoms with Crippen LogP contribution in [0.3, 0.4) is 0 Å². The molecule has 0 radical (unpaired) electrons. The number of ether oxygens (including phenoxy) is 2. The fraction of sp³-hybridized carbons (Fsp3) is 0.433. The van der Waals surface area contributed by atoms with Crippen molar-refractivity contribution in [2.75, 3.05) is 26.7 Å². The number of aromatic nitrogens is 3. The van der Waals surface area contributed by atoms with E-state index in [9.17, 15) is 18.3 Å². The van der Waals surface area contributed by atoms with Gasteiger partial charge < -0.3 is 19.5 Å². The molecule has 1 aliphatic rings. The molecule has 0 saturated carbocycles. The van der Waals surface area contributed by atoms with Gasteiger partial charge in [0.05, 0.1) is 25.5 Å². The van der Waals surface area contributed by atoms with Gasteiger partial charge in [-0.1, -0.05) is 12.1 Å². The molecule has 0 unspecified atom stereocenters. The zero-order valence-corrected chi connectivity index (χ0v) is 23.6. The van der Waals surface area contributed by atoms with Gasteiger partial charge in [0, 0.05) is 36.2 Å². The van der Waals surface area contributed by atoms with Crippen molar-refractivity contribution < 1.29 is 27.8 Å². The SMILES string of the molecule is C/C=C(/N=C(OC)c1cc(C)n(Cc2ccc(CCCN3CCC(O)CC3)nc2)n1)c1ccc(OC(F)(F)F)cc1. The fourth-order valence-corrected chi connectivity index (χ4v) is 4.71. The number of benzene rings is 1. The highest BCUT2D eigenvalue weighted by molar-refractivity contribution is 5.96. The Bertz CT molecular complexity index is 1330. The number of allylic oxidation sites excluding steroid dienone is 1. The molecule has 1 aliphatic heterocycles. The summed E-state index contributed by atoms with van der Waals surface area (Å²) < 4.78 is 48.8. The third-order valence-electron chi connectivity index (χ3n) is 6.96. The highest BCUT2D eigenvalue weighted by Crippen LogP contribution is 2.26. The third-order valence-corrected chi connectivity index (χ3v) is 6.96. The molecule has 1 fully saturated rings. The second-order valence-electron chi connectivity index (χ2n) is 10.0. The van der Waals surface area contributed by atoms with Gasteiger partial charge in [0.15, 0.2) is 0 Å². The first-order valence-corrected chi connectivity index (χ1v) is 13.7. The molecule has 41 heavy (non-hydrogen) atoms. The molecule has 1 aromatic carbocycles. The summed E-state index contributed by atoms with van der Waals surface area (Å²) in [6.07, 6.45) is 2.37. The number of aliphatic imine (C=N–C) groups is 1. The Labute approximate surface area is 238 Å². The Morgan fingerprint density at radius 3 is 2.49 bits per heavy atom. The largest absolute Gasteiger partial charge is 0.573 e. The molecule has 1 saturated heterocycles. The van der Waals surface area contributed by atoms with Crippen LogP contribution >= 0.6 is 0 Å². The zero-order chi connectivity index (χ0) is 29.4. The van der Waals surface area contributed by atoms with E-state index in [2.05, 4.69) is 36.8 Å². The molecule has 3 heterocycles. The Balaban J connectivity index is 1.37.